The molecule has 1 aromatic heterocycles. The fourth-order valence-electron chi connectivity index (χ4n) is 4.34. The average molecular weight is 400 g/mol. The molecule has 0 unspecified atom stereocenters. The molecule has 0 saturated heterocycles. The van der Waals surface area contributed by atoms with Crippen molar-refractivity contribution in [1.29, 1.82) is 0 Å². The number of fused-ring (bicyclic) bond motifs is 1. The van der Waals surface area contributed by atoms with E-state index in [1.165, 1.54) is 6.42 Å². The van der Waals surface area contributed by atoms with Gasteiger partial charge in [0.25, 0.3) is 5.56 Å². The van der Waals surface area contributed by atoms with Crippen LogP contribution in [0.2, 0.25) is 0 Å². The van der Waals surface area contributed by atoms with Gasteiger partial charge >= 0.3 is 5.69 Å². The van der Waals surface area contributed by atoms with Gasteiger partial charge in [-0.3, -0.25) is 18.7 Å². The van der Waals surface area contributed by atoms with Crippen LogP contribution in [0, 0.1) is 6.92 Å². The summed E-state index contributed by atoms with van der Waals surface area (Å²) in [6.45, 7) is 4.37. The number of carbonyl (C=O) groups is 1. The monoisotopic (exact) mass is 399 g/mol. The summed E-state index contributed by atoms with van der Waals surface area (Å²) in [6, 6.07) is 5.74. The summed E-state index contributed by atoms with van der Waals surface area (Å²) in [7, 11) is 0. The molecule has 1 amide bonds. The minimum Gasteiger partial charge on any atom is -0.352 e. The first-order valence-electron chi connectivity index (χ1n) is 11.0. The summed E-state index contributed by atoms with van der Waals surface area (Å²) < 4.78 is 2.79. The Morgan fingerprint density at radius 3 is 2.55 bits per heavy atom. The van der Waals surface area contributed by atoms with Gasteiger partial charge in [-0.1, -0.05) is 57.6 Å². The summed E-state index contributed by atoms with van der Waals surface area (Å²) in [4.78, 5) is 38.8. The smallest absolute Gasteiger partial charge is 0.331 e. The van der Waals surface area contributed by atoms with Gasteiger partial charge in [0.05, 0.1) is 10.9 Å². The van der Waals surface area contributed by atoms with E-state index in [0.717, 1.165) is 61.5 Å². The lowest BCUT2D eigenvalue weighted by molar-refractivity contribution is -0.122. The highest BCUT2D eigenvalue weighted by molar-refractivity contribution is 5.82. The standard InChI is InChI=1S/C23H33N3O3/c1-3-4-5-9-15-25-19-14-10-11-17(2)21(19)22(28)26(23(25)29)16-20(27)24-18-12-7-6-8-13-18/h10-11,14,18H,3-9,12-13,15-16H2,1-2H3,(H,24,27). The number of hydrogen-bond donors (Lipinski definition) is 1. The van der Waals surface area contributed by atoms with Gasteiger partial charge < -0.3 is 5.32 Å². The zero-order valence-electron chi connectivity index (χ0n) is 17.7. The van der Waals surface area contributed by atoms with Gasteiger partial charge in [-0.2, -0.15) is 0 Å². The Labute approximate surface area is 171 Å². The molecule has 6 heteroatoms. The van der Waals surface area contributed by atoms with E-state index in [4.69, 9.17) is 0 Å². The first-order chi connectivity index (χ1) is 14.0. The van der Waals surface area contributed by atoms with Gasteiger partial charge in [0, 0.05) is 12.6 Å². The first kappa shape index (κ1) is 21.3. The lowest BCUT2D eigenvalue weighted by Gasteiger charge is -2.23. The van der Waals surface area contributed by atoms with E-state index >= 15 is 0 Å². The van der Waals surface area contributed by atoms with Crippen LogP contribution in [0.15, 0.2) is 27.8 Å². The van der Waals surface area contributed by atoms with Crippen LogP contribution < -0.4 is 16.6 Å². The molecule has 1 aromatic carbocycles. The maximum atomic E-state index is 13.2. The Kier molecular flexibility index (Phi) is 7.29. The molecule has 29 heavy (non-hydrogen) atoms. The van der Waals surface area contributed by atoms with E-state index in [9.17, 15) is 14.4 Å². The van der Waals surface area contributed by atoms with Gasteiger partial charge in [-0.15, -0.1) is 0 Å². The molecule has 0 radical (unpaired) electrons. The van der Waals surface area contributed by atoms with E-state index in [1.807, 2.05) is 25.1 Å². The molecule has 0 spiro atoms. The number of rotatable bonds is 8. The molecule has 0 bridgehead atoms. The molecular weight excluding hydrogens is 366 g/mol. The van der Waals surface area contributed by atoms with Crippen LogP contribution in [0.3, 0.4) is 0 Å². The largest absolute Gasteiger partial charge is 0.352 e. The summed E-state index contributed by atoms with van der Waals surface area (Å²) in [6.07, 6.45) is 9.54. The van der Waals surface area contributed by atoms with E-state index in [1.54, 1.807) is 4.57 Å². The third-order valence-electron chi connectivity index (χ3n) is 5.97. The maximum Gasteiger partial charge on any atom is 0.331 e. The van der Waals surface area contributed by atoms with Crippen LogP contribution >= 0.6 is 0 Å². The zero-order valence-corrected chi connectivity index (χ0v) is 17.7. The van der Waals surface area contributed by atoms with Crippen LogP contribution in [0.5, 0.6) is 0 Å². The molecule has 1 fully saturated rings. The van der Waals surface area contributed by atoms with Crippen molar-refractivity contribution < 1.29 is 4.79 Å². The van der Waals surface area contributed by atoms with E-state index < -0.39 is 0 Å². The molecule has 158 valence electrons. The molecular formula is C23H33N3O3. The number of aromatic nitrogens is 2. The summed E-state index contributed by atoms with van der Waals surface area (Å²) >= 11 is 0. The lowest BCUT2D eigenvalue weighted by Crippen LogP contribution is -2.46. The molecule has 0 atom stereocenters. The SMILES string of the molecule is CCCCCCn1c(=O)n(CC(=O)NC2CCCCC2)c(=O)c2c(C)cccc21. The quantitative estimate of drug-likeness (QED) is 0.691. The molecule has 3 rings (SSSR count). The molecule has 1 N–H and O–H groups in total. The van der Waals surface area contributed by atoms with Gasteiger partial charge in [-0.05, 0) is 37.8 Å². The first-order valence-corrected chi connectivity index (χ1v) is 11.0. The van der Waals surface area contributed by atoms with Crippen molar-refractivity contribution in [2.24, 2.45) is 0 Å². The molecule has 1 aliphatic rings. The highest BCUT2D eigenvalue weighted by Gasteiger charge is 2.19. The molecule has 2 aromatic rings. The van der Waals surface area contributed by atoms with Crippen molar-refractivity contribution in [1.82, 2.24) is 14.5 Å². The number of hydrogen-bond acceptors (Lipinski definition) is 3. The van der Waals surface area contributed by atoms with Gasteiger partial charge in [0.2, 0.25) is 5.91 Å². The average Bonchev–Trinajstić information content (AvgIpc) is 2.71. The number of aryl methyl sites for hydroxylation is 2. The number of benzene rings is 1. The second-order valence-corrected chi connectivity index (χ2v) is 8.26. The normalized spacial score (nSPS) is 15.0. The van der Waals surface area contributed by atoms with E-state index in [-0.39, 0.29) is 29.7 Å². The van der Waals surface area contributed by atoms with Gasteiger partial charge in [-0.25, -0.2) is 4.79 Å². The number of carbonyl (C=O) groups excluding carboxylic acids is 1. The molecule has 1 saturated carbocycles. The van der Waals surface area contributed by atoms with Crippen LogP contribution in [-0.4, -0.2) is 21.1 Å². The van der Waals surface area contributed by atoms with Crippen LogP contribution in [0.1, 0.15) is 70.3 Å². The van der Waals surface area contributed by atoms with Gasteiger partial charge in [0.15, 0.2) is 0 Å². The third-order valence-corrected chi connectivity index (χ3v) is 5.97. The van der Waals surface area contributed by atoms with E-state index in [2.05, 4.69) is 12.2 Å². The lowest BCUT2D eigenvalue weighted by atomic mass is 9.95. The van der Waals surface area contributed by atoms with Crippen molar-refractivity contribution >= 4 is 16.8 Å². The van der Waals surface area contributed by atoms with Crippen molar-refractivity contribution in [3.05, 3.63) is 44.6 Å². The topological polar surface area (TPSA) is 73.1 Å². The summed E-state index contributed by atoms with van der Waals surface area (Å²) in [5.74, 6) is -0.249. The number of nitrogens with one attached hydrogen (secondary N) is 1. The van der Waals surface area contributed by atoms with Crippen LogP contribution in [0.25, 0.3) is 10.9 Å². The fourth-order valence-corrected chi connectivity index (χ4v) is 4.34. The van der Waals surface area contributed by atoms with Gasteiger partial charge in [0.1, 0.15) is 6.54 Å². The predicted octanol–water partition coefficient (Wildman–Crippen LogP) is 3.50. The molecule has 1 aliphatic carbocycles. The second kappa shape index (κ2) is 9.90. The van der Waals surface area contributed by atoms with Crippen molar-refractivity contribution in [2.75, 3.05) is 0 Å². The van der Waals surface area contributed by atoms with Crippen LogP contribution in [0.4, 0.5) is 0 Å². The Bertz CT molecular complexity index is 968. The fraction of sp³-hybridized carbons (Fsp3) is 0.609. The summed E-state index contributed by atoms with van der Waals surface area (Å²) in [5, 5.41) is 3.55. The van der Waals surface area contributed by atoms with E-state index in [0.29, 0.717) is 17.4 Å². The molecule has 0 aliphatic heterocycles. The number of unbranched alkanes of at least 4 members (excludes halogenated alkanes) is 3. The predicted molar refractivity (Wildman–Crippen MR) is 116 cm³/mol. The Morgan fingerprint density at radius 1 is 1.07 bits per heavy atom. The third kappa shape index (κ3) is 4.98. The Balaban J connectivity index is 1.93. The highest BCUT2D eigenvalue weighted by atomic mass is 16.2. The number of amides is 1. The number of nitrogens with zero attached hydrogens (tertiary/aromatic N) is 2. The highest BCUT2D eigenvalue weighted by Crippen LogP contribution is 2.17. The van der Waals surface area contributed by atoms with Crippen LogP contribution in [-0.2, 0) is 17.9 Å². The Morgan fingerprint density at radius 2 is 1.83 bits per heavy atom. The minimum atomic E-state index is -0.386. The minimum absolute atomic E-state index is 0.158. The maximum absolute atomic E-state index is 13.2. The van der Waals surface area contributed by atoms with Crippen molar-refractivity contribution in [3.63, 3.8) is 0 Å². The Hall–Kier alpha value is -2.37. The van der Waals surface area contributed by atoms with Crippen molar-refractivity contribution in [2.45, 2.75) is 90.8 Å². The van der Waals surface area contributed by atoms with Crippen molar-refractivity contribution in [3.8, 4) is 0 Å². The summed E-state index contributed by atoms with van der Waals surface area (Å²) in [5.41, 5.74) is 0.742. The second-order valence-electron chi connectivity index (χ2n) is 8.26. The molecule has 6 nitrogen and oxygen atoms in total. The zero-order chi connectivity index (χ0) is 20.8. The molecule has 1 heterocycles.